The molecule has 24 heavy (non-hydrogen) atoms. The highest BCUT2D eigenvalue weighted by atomic mass is 16.5. The summed E-state index contributed by atoms with van der Waals surface area (Å²) in [6, 6.07) is 15.3. The second-order valence-electron chi connectivity index (χ2n) is 4.79. The van der Waals surface area contributed by atoms with Crippen LogP contribution in [0, 0.1) is 0 Å². The summed E-state index contributed by atoms with van der Waals surface area (Å²) in [6.45, 7) is 0. The zero-order chi connectivity index (χ0) is 16.9. The number of hydrogen-bond acceptors (Lipinski definition) is 6. The van der Waals surface area contributed by atoms with Gasteiger partial charge >= 0.3 is 11.9 Å². The van der Waals surface area contributed by atoms with Crippen molar-refractivity contribution < 1.29 is 19.1 Å². The molecule has 120 valence electrons. The third kappa shape index (κ3) is 3.30. The van der Waals surface area contributed by atoms with E-state index in [2.05, 4.69) is 15.0 Å². The first-order valence-electron chi connectivity index (χ1n) is 7.06. The van der Waals surface area contributed by atoms with Gasteiger partial charge in [0.25, 0.3) is 0 Å². The minimum absolute atomic E-state index is 0.0795. The first-order valence-corrected chi connectivity index (χ1v) is 7.06. The van der Waals surface area contributed by atoms with Crippen molar-refractivity contribution in [3.8, 4) is 11.4 Å². The van der Waals surface area contributed by atoms with Crippen LogP contribution in [-0.2, 0) is 4.74 Å². The largest absolute Gasteiger partial charge is 0.465 e. The van der Waals surface area contributed by atoms with Crippen molar-refractivity contribution in [2.75, 3.05) is 7.11 Å². The van der Waals surface area contributed by atoms with Crippen molar-refractivity contribution in [3.05, 3.63) is 72.1 Å². The van der Waals surface area contributed by atoms with Gasteiger partial charge in [0.05, 0.1) is 24.6 Å². The molecule has 0 aliphatic carbocycles. The number of carbonyl (C=O) groups excluding carboxylic acids is 2. The zero-order valence-electron chi connectivity index (χ0n) is 12.7. The molecule has 0 saturated carbocycles. The monoisotopic (exact) mass is 323 g/mol. The van der Waals surface area contributed by atoms with Crippen molar-refractivity contribution in [3.63, 3.8) is 0 Å². The fraction of sp³-hybridized carbons (Fsp3) is 0.0588. The minimum atomic E-state index is -0.636. The minimum Gasteiger partial charge on any atom is -0.465 e. The van der Waals surface area contributed by atoms with Gasteiger partial charge in [0.15, 0.2) is 5.69 Å². The standard InChI is InChI=1S/C17H13N3O4/c1-23-16(21)12-7-9-14(10-8-12)24-17(22)15-11-20(19-18-15)13-5-3-2-4-6-13/h2-11H,1H3. The molecular formula is C17H13N3O4. The van der Waals surface area contributed by atoms with Crippen LogP contribution in [0.4, 0.5) is 0 Å². The second-order valence-corrected chi connectivity index (χ2v) is 4.79. The molecule has 3 aromatic rings. The van der Waals surface area contributed by atoms with Crippen LogP contribution in [-0.4, -0.2) is 34.0 Å². The number of hydrogen-bond donors (Lipinski definition) is 0. The van der Waals surface area contributed by atoms with Crippen LogP contribution in [0.15, 0.2) is 60.8 Å². The molecule has 0 atom stereocenters. The number of ether oxygens (including phenoxy) is 2. The normalized spacial score (nSPS) is 10.2. The van der Waals surface area contributed by atoms with Gasteiger partial charge in [-0.05, 0) is 36.4 Å². The molecule has 0 N–H and O–H groups in total. The van der Waals surface area contributed by atoms with Crippen LogP contribution < -0.4 is 4.74 Å². The molecule has 0 fully saturated rings. The molecule has 0 aliphatic heterocycles. The fourth-order valence-electron chi connectivity index (χ4n) is 2.00. The molecular weight excluding hydrogens is 310 g/mol. The van der Waals surface area contributed by atoms with Crippen molar-refractivity contribution in [1.29, 1.82) is 0 Å². The third-order valence-corrected chi connectivity index (χ3v) is 3.21. The maximum absolute atomic E-state index is 12.1. The topological polar surface area (TPSA) is 83.3 Å². The second kappa shape index (κ2) is 6.74. The Morgan fingerprint density at radius 2 is 1.67 bits per heavy atom. The summed E-state index contributed by atoms with van der Waals surface area (Å²) in [4.78, 5) is 23.5. The number of benzene rings is 2. The molecule has 0 amide bonds. The average Bonchev–Trinajstić information content (AvgIpc) is 3.13. The van der Waals surface area contributed by atoms with Gasteiger partial charge in [-0.2, -0.15) is 0 Å². The number of rotatable bonds is 4. The average molecular weight is 323 g/mol. The quantitative estimate of drug-likeness (QED) is 0.541. The number of aromatic nitrogens is 3. The van der Waals surface area contributed by atoms with Gasteiger partial charge in [-0.1, -0.05) is 23.4 Å². The smallest absolute Gasteiger partial charge is 0.365 e. The Morgan fingerprint density at radius 3 is 2.33 bits per heavy atom. The lowest BCUT2D eigenvalue weighted by Gasteiger charge is -2.03. The summed E-state index contributed by atoms with van der Waals surface area (Å²) in [5.41, 5.74) is 1.23. The Kier molecular flexibility index (Phi) is 4.33. The number of esters is 2. The van der Waals surface area contributed by atoms with Crippen LogP contribution in [0.2, 0.25) is 0 Å². The highest BCUT2D eigenvalue weighted by molar-refractivity contribution is 5.90. The van der Waals surface area contributed by atoms with Gasteiger partial charge in [-0.15, -0.1) is 5.10 Å². The predicted molar refractivity (Wildman–Crippen MR) is 84.1 cm³/mol. The Balaban J connectivity index is 1.71. The Labute approximate surface area is 137 Å². The molecule has 3 rings (SSSR count). The summed E-state index contributed by atoms with van der Waals surface area (Å²) in [7, 11) is 1.30. The molecule has 1 heterocycles. The third-order valence-electron chi connectivity index (χ3n) is 3.21. The molecule has 1 aromatic heterocycles. The Bertz CT molecular complexity index is 857. The van der Waals surface area contributed by atoms with E-state index in [1.54, 1.807) is 0 Å². The van der Waals surface area contributed by atoms with Crippen LogP contribution in [0.1, 0.15) is 20.8 Å². The number of nitrogens with zero attached hydrogens (tertiary/aromatic N) is 3. The molecule has 7 nitrogen and oxygen atoms in total. The van der Waals surface area contributed by atoms with E-state index in [-0.39, 0.29) is 5.69 Å². The summed E-state index contributed by atoms with van der Waals surface area (Å²) >= 11 is 0. The molecule has 0 unspecified atom stereocenters. The number of carbonyl (C=O) groups is 2. The van der Waals surface area contributed by atoms with Gasteiger partial charge in [-0.25, -0.2) is 14.3 Å². The van der Waals surface area contributed by atoms with E-state index in [1.807, 2.05) is 30.3 Å². The van der Waals surface area contributed by atoms with E-state index >= 15 is 0 Å². The number of methoxy groups -OCH3 is 1. The summed E-state index contributed by atoms with van der Waals surface area (Å²) < 4.78 is 11.3. The fourth-order valence-corrected chi connectivity index (χ4v) is 2.00. The summed E-state index contributed by atoms with van der Waals surface area (Å²) in [5.74, 6) is -0.802. The summed E-state index contributed by atoms with van der Waals surface area (Å²) in [6.07, 6.45) is 1.49. The molecule has 0 aliphatic rings. The highest BCUT2D eigenvalue weighted by Crippen LogP contribution is 2.15. The lowest BCUT2D eigenvalue weighted by molar-refractivity contribution is 0.0600. The molecule has 0 spiro atoms. The van der Waals surface area contributed by atoms with E-state index in [0.717, 1.165) is 5.69 Å². The van der Waals surface area contributed by atoms with Gasteiger partial charge in [0.2, 0.25) is 0 Å². The van der Waals surface area contributed by atoms with Crippen molar-refractivity contribution in [2.45, 2.75) is 0 Å². The van der Waals surface area contributed by atoms with E-state index in [9.17, 15) is 9.59 Å². The van der Waals surface area contributed by atoms with E-state index in [1.165, 1.54) is 42.3 Å². The highest BCUT2D eigenvalue weighted by Gasteiger charge is 2.14. The van der Waals surface area contributed by atoms with Crippen molar-refractivity contribution in [2.24, 2.45) is 0 Å². The first kappa shape index (κ1) is 15.4. The van der Waals surface area contributed by atoms with Crippen LogP contribution in [0.25, 0.3) is 5.69 Å². The zero-order valence-corrected chi connectivity index (χ0v) is 12.7. The number of para-hydroxylation sites is 1. The van der Waals surface area contributed by atoms with Gasteiger partial charge in [0, 0.05) is 0 Å². The Hall–Kier alpha value is -3.48. The molecule has 7 heteroatoms. The van der Waals surface area contributed by atoms with Crippen LogP contribution >= 0.6 is 0 Å². The lowest BCUT2D eigenvalue weighted by atomic mass is 10.2. The van der Waals surface area contributed by atoms with Gasteiger partial charge in [-0.3, -0.25) is 0 Å². The predicted octanol–water partition coefficient (Wildman–Crippen LogP) is 2.27. The van der Waals surface area contributed by atoms with Crippen LogP contribution in [0.5, 0.6) is 5.75 Å². The summed E-state index contributed by atoms with van der Waals surface area (Å²) in [5, 5.41) is 7.71. The maximum Gasteiger partial charge on any atom is 0.365 e. The molecule has 0 saturated heterocycles. The Morgan fingerprint density at radius 1 is 0.958 bits per heavy atom. The molecule has 0 radical (unpaired) electrons. The van der Waals surface area contributed by atoms with Gasteiger partial charge < -0.3 is 9.47 Å². The van der Waals surface area contributed by atoms with E-state index in [4.69, 9.17) is 4.74 Å². The van der Waals surface area contributed by atoms with E-state index < -0.39 is 11.9 Å². The molecule has 2 aromatic carbocycles. The molecule has 0 bridgehead atoms. The van der Waals surface area contributed by atoms with Gasteiger partial charge in [0.1, 0.15) is 5.75 Å². The van der Waals surface area contributed by atoms with Crippen LogP contribution in [0.3, 0.4) is 0 Å². The van der Waals surface area contributed by atoms with E-state index in [0.29, 0.717) is 11.3 Å². The van der Waals surface area contributed by atoms with Crippen molar-refractivity contribution >= 4 is 11.9 Å². The SMILES string of the molecule is COC(=O)c1ccc(OC(=O)c2cn(-c3ccccc3)nn2)cc1. The lowest BCUT2D eigenvalue weighted by Crippen LogP contribution is -2.09. The first-order chi connectivity index (χ1) is 11.7. The van der Waals surface area contributed by atoms with Crippen molar-refractivity contribution in [1.82, 2.24) is 15.0 Å². The maximum atomic E-state index is 12.1.